The topological polar surface area (TPSA) is 76.0 Å². The summed E-state index contributed by atoms with van der Waals surface area (Å²) in [6.07, 6.45) is 10.7. The smallest absolute Gasteiger partial charge is 0.332 e. The Balaban J connectivity index is 1.46. The Morgan fingerprint density at radius 3 is 2.53 bits per heavy atom. The third-order valence-electron chi connectivity index (χ3n) is 10.6. The zero-order valence-electron chi connectivity index (χ0n) is 22.1. The average molecular weight is 475 g/mol. The predicted molar refractivity (Wildman–Crippen MR) is 133 cm³/mol. The van der Waals surface area contributed by atoms with E-state index in [1.54, 1.807) is 0 Å². The van der Waals surface area contributed by atoms with Gasteiger partial charge in [-0.2, -0.15) is 0 Å². The van der Waals surface area contributed by atoms with Crippen molar-refractivity contribution in [2.75, 3.05) is 6.61 Å². The van der Waals surface area contributed by atoms with E-state index in [1.807, 2.05) is 20.8 Å². The van der Waals surface area contributed by atoms with Crippen LogP contribution in [0.2, 0.25) is 0 Å². The molecule has 3 unspecified atom stereocenters. The lowest BCUT2D eigenvalue weighted by molar-refractivity contribution is -0.168. The molecule has 4 aliphatic carbocycles. The molecule has 0 aromatic rings. The van der Waals surface area contributed by atoms with Crippen LogP contribution in [-0.4, -0.2) is 46.7 Å². The first-order chi connectivity index (χ1) is 16.0. The molecule has 0 radical (unpaired) electrons. The van der Waals surface area contributed by atoms with E-state index >= 15 is 0 Å². The Morgan fingerprint density at radius 2 is 1.85 bits per heavy atom. The number of hydrogen-bond donors (Lipinski definition) is 2. The quantitative estimate of drug-likeness (QED) is 0.487. The van der Waals surface area contributed by atoms with Gasteiger partial charge in [-0.05, 0) is 82.0 Å². The maximum Gasteiger partial charge on any atom is 0.332 e. The zero-order valence-corrected chi connectivity index (χ0v) is 22.1. The van der Waals surface area contributed by atoms with Crippen molar-refractivity contribution in [2.45, 2.75) is 117 Å². The number of ether oxygens (including phenoxy) is 2. The zero-order chi connectivity index (χ0) is 24.9. The number of carbonyl (C=O) groups is 1. The Morgan fingerprint density at radius 1 is 1.15 bits per heavy atom. The normalized spacial score (nSPS) is 40.4. The summed E-state index contributed by atoms with van der Waals surface area (Å²) in [6.45, 7) is 12.8. The van der Waals surface area contributed by atoms with E-state index < -0.39 is 17.8 Å². The monoisotopic (exact) mass is 474 g/mol. The van der Waals surface area contributed by atoms with Crippen molar-refractivity contribution in [1.29, 1.82) is 0 Å². The molecule has 4 aliphatic rings. The molecule has 8 atom stereocenters. The molecule has 5 heteroatoms. The van der Waals surface area contributed by atoms with Crippen LogP contribution in [0.5, 0.6) is 0 Å². The lowest BCUT2D eigenvalue weighted by atomic mass is 9.49. The fourth-order valence-electron chi connectivity index (χ4n) is 7.87. The molecule has 34 heavy (non-hydrogen) atoms. The van der Waals surface area contributed by atoms with E-state index in [4.69, 9.17) is 9.47 Å². The maximum atomic E-state index is 12.5. The summed E-state index contributed by atoms with van der Waals surface area (Å²) in [4.78, 5) is 12.5. The van der Waals surface area contributed by atoms with Gasteiger partial charge in [0.25, 0.3) is 0 Å². The molecule has 3 saturated carbocycles. The minimum Gasteiger partial charge on any atom is -0.458 e. The minimum absolute atomic E-state index is 0.00472. The van der Waals surface area contributed by atoms with Crippen LogP contribution in [0.1, 0.15) is 92.9 Å². The van der Waals surface area contributed by atoms with E-state index in [-0.39, 0.29) is 29.5 Å². The van der Waals surface area contributed by atoms with Crippen molar-refractivity contribution < 1.29 is 24.5 Å². The fraction of sp³-hybridized carbons (Fsp3) is 0.828. The van der Waals surface area contributed by atoms with E-state index in [9.17, 15) is 15.0 Å². The first-order valence-corrected chi connectivity index (χ1v) is 13.6. The Kier molecular flexibility index (Phi) is 7.14. The SMILES string of the molecule is CCC(C)(CC)OC(=O)COC(C)[C@H]1CC[C@H]2C3=CC=C4CC(O)CC(O)[C@]4(C)[C@H]3CC[C@]12C. The van der Waals surface area contributed by atoms with Crippen molar-refractivity contribution in [3.8, 4) is 0 Å². The summed E-state index contributed by atoms with van der Waals surface area (Å²) in [5.41, 5.74) is 2.16. The number of carbonyl (C=O) groups excluding carboxylic acids is 1. The Hall–Kier alpha value is -1.17. The number of allylic oxidation sites excluding steroid dienone is 3. The molecule has 4 rings (SSSR count). The molecule has 192 valence electrons. The molecule has 0 spiro atoms. The second-order valence-electron chi connectivity index (χ2n) is 12.2. The van der Waals surface area contributed by atoms with E-state index in [0.717, 1.165) is 38.5 Å². The van der Waals surface area contributed by atoms with Gasteiger partial charge in [-0.3, -0.25) is 0 Å². The lowest BCUT2D eigenvalue weighted by Gasteiger charge is -2.56. The molecule has 0 amide bonds. The summed E-state index contributed by atoms with van der Waals surface area (Å²) < 4.78 is 11.8. The fourth-order valence-corrected chi connectivity index (χ4v) is 7.87. The van der Waals surface area contributed by atoms with Gasteiger partial charge < -0.3 is 19.7 Å². The van der Waals surface area contributed by atoms with Crippen LogP contribution in [0.4, 0.5) is 0 Å². The van der Waals surface area contributed by atoms with Crippen molar-refractivity contribution in [2.24, 2.45) is 28.6 Å². The van der Waals surface area contributed by atoms with Crippen molar-refractivity contribution in [1.82, 2.24) is 0 Å². The summed E-state index contributed by atoms with van der Waals surface area (Å²) in [7, 11) is 0. The molecule has 0 aliphatic heterocycles. The van der Waals surface area contributed by atoms with Crippen LogP contribution in [0.3, 0.4) is 0 Å². The molecular weight excluding hydrogens is 428 g/mol. The number of fused-ring (bicyclic) bond motifs is 5. The largest absolute Gasteiger partial charge is 0.458 e. The molecule has 0 aromatic carbocycles. The van der Waals surface area contributed by atoms with Crippen LogP contribution in [-0.2, 0) is 14.3 Å². The van der Waals surface area contributed by atoms with Crippen molar-refractivity contribution >= 4 is 5.97 Å². The van der Waals surface area contributed by atoms with Crippen LogP contribution in [0, 0.1) is 28.6 Å². The molecule has 0 heterocycles. The van der Waals surface area contributed by atoms with Crippen LogP contribution < -0.4 is 0 Å². The third kappa shape index (κ3) is 4.20. The average Bonchev–Trinajstić information content (AvgIpc) is 3.15. The number of aliphatic hydroxyl groups is 2. The van der Waals surface area contributed by atoms with Gasteiger partial charge in [-0.15, -0.1) is 0 Å². The highest BCUT2D eigenvalue weighted by Crippen LogP contribution is 2.65. The molecular formula is C29H46O5. The van der Waals surface area contributed by atoms with Gasteiger partial charge in [-0.1, -0.05) is 51.0 Å². The van der Waals surface area contributed by atoms with Crippen molar-refractivity contribution in [3.05, 3.63) is 23.3 Å². The van der Waals surface area contributed by atoms with Gasteiger partial charge >= 0.3 is 5.97 Å². The molecule has 2 N–H and O–H groups in total. The predicted octanol–water partition coefficient (Wildman–Crippen LogP) is 5.34. The van der Waals surface area contributed by atoms with Crippen LogP contribution in [0.25, 0.3) is 0 Å². The molecule has 3 fully saturated rings. The molecule has 0 saturated heterocycles. The minimum atomic E-state index is -0.497. The van der Waals surface area contributed by atoms with E-state index in [1.165, 1.54) is 11.1 Å². The molecule has 0 aromatic heterocycles. The first kappa shape index (κ1) is 25.9. The van der Waals surface area contributed by atoms with Gasteiger partial charge in [0.1, 0.15) is 12.2 Å². The standard InChI is InChI=1S/C29H46O5/c1-7-27(4,8-2)34-26(32)17-33-18(3)22-11-12-23-21-10-9-19-15-20(30)16-25(31)29(19,6)24(21)13-14-28(22,23)5/h9-10,18,20,22-25,30-31H,7-8,11-17H2,1-6H3/t18?,20?,22-,23+,24+,25?,28-,29+/m1/s1. The van der Waals surface area contributed by atoms with Gasteiger partial charge in [0, 0.05) is 11.8 Å². The van der Waals surface area contributed by atoms with Crippen LogP contribution in [0.15, 0.2) is 23.3 Å². The van der Waals surface area contributed by atoms with Gasteiger partial charge in [0.15, 0.2) is 0 Å². The first-order valence-electron chi connectivity index (χ1n) is 13.6. The highest BCUT2D eigenvalue weighted by Gasteiger charge is 2.59. The van der Waals surface area contributed by atoms with Crippen LogP contribution >= 0.6 is 0 Å². The number of aliphatic hydroxyl groups excluding tert-OH is 2. The van der Waals surface area contributed by atoms with E-state index in [0.29, 0.717) is 30.6 Å². The maximum absolute atomic E-state index is 12.5. The second-order valence-corrected chi connectivity index (χ2v) is 12.2. The highest BCUT2D eigenvalue weighted by molar-refractivity contribution is 5.71. The highest BCUT2D eigenvalue weighted by atomic mass is 16.6. The number of rotatable bonds is 7. The number of esters is 1. The Bertz CT molecular complexity index is 841. The second kappa shape index (κ2) is 9.37. The van der Waals surface area contributed by atoms with E-state index in [2.05, 4.69) is 32.9 Å². The summed E-state index contributed by atoms with van der Waals surface area (Å²) in [6, 6.07) is 0. The third-order valence-corrected chi connectivity index (χ3v) is 10.6. The molecule has 5 nitrogen and oxygen atoms in total. The molecule has 0 bridgehead atoms. The lowest BCUT2D eigenvalue weighted by Crippen LogP contribution is -2.52. The summed E-state index contributed by atoms with van der Waals surface area (Å²) in [5, 5.41) is 21.3. The van der Waals surface area contributed by atoms with Crippen molar-refractivity contribution in [3.63, 3.8) is 0 Å². The summed E-state index contributed by atoms with van der Waals surface area (Å²) in [5.74, 6) is 0.952. The van der Waals surface area contributed by atoms with Gasteiger partial charge in [0.2, 0.25) is 0 Å². The number of hydrogen-bond acceptors (Lipinski definition) is 5. The Labute approximate surface area is 206 Å². The summed E-state index contributed by atoms with van der Waals surface area (Å²) >= 11 is 0. The van der Waals surface area contributed by atoms with Gasteiger partial charge in [-0.25, -0.2) is 4.79 Å². The van der Waals surface area contributed by atoms with Gasteiger partial charge in [0.05, 0.1) is 18.3 Å².